The first-order valence-corrected chi connectivity index (χ1v) is 5.91. The Morgan fingerprint density at radius 1 is 1.35 bits per heavy atom. The molecule has 4 nitrogen and oxygen atoms in total. The molecule has 1 aromatic carbocycles. The van der Waals surface area contributed by atoms with Crippen LogP contribution >= 0.6 is 0 Å². The molecule has 1 aliphatic rings. The van der Waals surface area contributed by atoms with Crippen molar-refractivity contribution < 1.29 is 9.15 Å². The zero-order valence-electron chi connectivity index (χ0n) is 9.56. The Morgan fingerprint density at radius 3 is 2.94 bits per heavy atom. The van der Waals surface area contributed by atoms with Crippen molar-refractivity contribution in [1.82, 2.24) is 5.43 Å². The molecule has 1 aromatic heterocycles. The quantitative estimate of drug-likeness (QED) is 0.627. The standard InChI is InChI=1S/C13H16N2O2/c14-15-13(10-5-6-16-8-10)12-7-9-3-1-2-4-11(9)17-12/h1-4,7,10,13,15H,5-6,8,14H2. The third-order valence-corrected chi connectivity index (χ3v) is 3.37. The van der Waals surface area contributed by atoms with Crippen LogP contribution in [0, 0.1) is 5.92 Å². The van der Waals surface area contributed by atoms with Crippen LogP contribution in [0.5, 0.6) is 0 Å². The van der Waals surface area contributed by atoms with Gasteiger partial charge in [0.1, 0.15) is 11.3 Å². The number of rotatable bonds is 3. The number of fused-ring (bicyclic) bond motifs is 1. The van der Waals surface area contributed by atoms with Gasteiger partial charge in [0.2, 0.25) is 0 Å². The van der Waals surface area contributed by atoms with Crippen LogP contribution < -0.4 is 11.3 Å². The number of furan rings is 1. The molecule has 0 spiro atoms. The molecule has 3 rings (SSSR count). The van der Waals surface area contributed by atoms with E-state index in [9.17, 15) is 0 Å². The predicted molar refractivity (Wildman–Crippen MR) is 65.2 cm³/mol. The van der Waals surface area contributed by atoms with Crippen molar-refractivity contribution in [2.45, 2.75) is 12.5 Å². The van der Waals surface area contributed by atoms with Crippen molar-refractivity contribution in [1.29, 1.82) is 0 Å². The third-order valence-electron chi connectivity index (χ3n) is 3.37. The van der Waals surface area contributed by atoms with Gasteiger partial charge in [-0.2, -0.15) is 0 Å². The molecular formula is C13H16N2O2. The highest BCUT2D eigenvalue weighted by molar-refractivity contribution is 5.77. The monoisotopic (exact) mass is 232 g/mol. The van der Waals surface area contributed by atoms with Crippen LogP contribution in [0.15, 0.2) is 34.7 Å². The smallest absolute Gasteiger partial charge is 0.134 e. The Hall–Kier alpha value is -1.36. The molecular weight excluding hydrogens is 216 g/mol. The van der Waals surface area contributed by atoms with Crippen molar-refractivity contribution in [2.24, 2.45) is 11.8 Å². The lowest BCUT2D eigenvalue weighted by atomic mass is 9.97. The van der Waals surface area contributed by atoms with Crippen molar-refractivity contribution in [3.8, 4) is 0 Å². The van der Waals surface area contributed by atoms with E-state index in [0.29, 0.717) is 5.92 Å². The van der Waals surface area contributed by atoms with Crippen LogP contribution in [-0.4, -0.2) is 13.2 Å². The molecule has 2 aromatic rings. The summed E-state index contributed by atoms with van der Waals surface area (Å²) in [6.07, 6.45) is 1.02. The van der Waals surface area contributed by atoms with Gasteiger partial charge in [0, 0.05) is 17.9 Å². The van der Waals surface area contributed by atoms with Crippen molar-refractivity contribution >= 4 is 11.0 Å². The van der Waals surface area contributed by atoms with Gasteiger partial charge in [-0.05, 0) is 18.6 Å². The maximum Gasteiger partial charge on any atom is 0.134 e. The van der Waals surface area contributed by atoms with Crippen LogP contribution in [0.3, 0.4) is 0 Å². The van der Waals surface area contributed by atoms with E-state index in [1.165, 1.54) is 0 Å². The fourth-order valence-electron chi connectivity index (χ4n) is 2.42. The first kappa shape index (κ1) is 10.8. The number of para-hydroxylation sites is 1. The van der Waals surface area contributed by atoms with Crippen LogP contribution in [0.1, 0.15) is 18.2 Å². The number of hydrogen-bond acceptors (Lipinski definition) is 4. The van der Waals surface area contributed by atoms with Gasteiger partial charge < -0.3 is 9.15 Å². The third kappa shape index (κ3) is 1.95. The van der Waals surface area contributed by atoms with Crippen LogP contribution in [0.2, 0.25) is 0 Å². The number of ether oxygens (including phenoxy) is 1. The van der Waals surface area contributed by atoms with E-state index in [1.807, 2.05) is 24.3 Å². The van der Waals surface area contributed by atoms with Gasteiger partial charge in [0.15, 0.2) is 0 Å². The molecule has 1 aliphatic heterocycles. The van der Waals surface area contributed by atoms with E-state index < -0.39 is 0 Å². The molecule has 0 aliphatic carbocycles. The van der Waals surface area contributed by atoms with Crippen LogP contribution in [-0.2, 0) is 4.74 Å². The topological polar surface area (TPSA) is 60.4 Å². The molecule has 17 heavy (non-hydrogen) atoms. The largest absolute Gasteiger partial charge is 0.459 e. The predicted octanol–water partition coefficient (Wildman–Crippen LogP) is 1.97. The SMILES string of the molecule is NNC(c1cc2ccccc2o1)C1CCOC1. The van der Waals surface area contributed by atoms with Gasteiger partial charge in [-0.25, -0.2) is 5.43 Å². The summed E-state index contributed by atoms with van der Waals surface area (Å²) in [4.78, 5) is 0. The Balaban J connectivity index is 1.94. The Labute approximate surface area is 99.7 Å². The molecule has 2 heterocycles. The van der Waals surface area contributed by atoms with E-state index in [1.54, 1.807) is 0 Å². The molecule has 3 N–H and O–H groups in total. The van der Waals surface area contributed by atoms with Gasteiger partial charge in [-0.1, -0.05) is 18.2 Å². The maximum absolute atomic E-state index is 5.84. The normalized spacial score (nSPS) is 22.1. The first-order valence-electron chi connectivity index (χ1n) is 5.91. The fraction of sp³-hybridized carbons (Fsp3) is 0.385. The first-order chi connectivity index (χ1) is 8.38. The summed E-state index contributed by atoms with van der Waals surface area (Å²) in [5, 5.41) is 1.11. The summed E-state index contributed by atoms with van der Waals surface area (Å²) in [5.41, 5.74) is 3.75. The van der Waals surface area contributed by atoms with Crippen LogP contribution in [0.4, 0.5) is 0 Å². The lowest BCUT2D eigenvalue weighted by Gasteiger charge is -2.18. The molecule has 90 valence electrons. The second-order valence-corrected chi connectivity index (χ2v) is 4.45. The second-order valence-electron chi connectivity index (χ2n) is 4.45. The number of benzene rings is 1. The molecule has 2 unspecified atom stereocenters. The number of nitrogens with one attached hydrogen (secondary N) is 1. The number of hydrogen-bond donors (Lipinski definition) is 2. The highest BCUT2D eigenvalue weighted by Gasteiger charge is 2.28. The highest BCUT2D eigenvalue weighted by Crippen LogP contribution is 2.31. The van der Waals surface area contributed by atoms with Gasteiger partial charge in [0.25, 0.3) is 0 Å². The van der Waals surface area contributed by atoms with Gasteiger partial charge >= 0.3 is 0 Å². The average molecular weight is 232 g/mol. The zero-order chi connectivity index (χ0) is 11.7. The van der Waals surface area contributed by atoms with Crippen molar-refractivity contribution in [2.75, 3.05) is 13.2 Å². The Morgan fingerprint density at radius 2 is 2.24 bits per heavy atom. The summed E-state index contributed by atoms with van der Waals surface area (Å²) in [7, 11) is 0. The van der Waals surface area contributed by atoms with E-state index in [4.69, 9.17) is 15.0 Å². The molecule has 1 saturated heterocycles. The minimum Gasteiger partial charge on any atom is -0.459 e. The van der Waals surface area contributed by atoms with Gasteiger partial charge in [0.05, 0.1) is 12.6 Å². The molecule has 0 radical (unpaired) electrons. The van der Waals surface area contributed by atoms with Crippen LogP contribution in [0.25, 0.3) is 11.0 Å². The van der Waals surface area contributed by atoms with Gasteiger partial charge in [-0.15, -0.1) is 0 Å². The lowest BCUT2D eigenvalue weighted by Crippen LogP contribution is -2.33. The highest BCUT2D eigenvalue weighted by atomic mass is 16.5. The molecule has 0 bridgehead atoms. The van der Waals surface area contributed by atoms with E-state index >= 15 is 0 Å². The molecule has 0 amide bonds. The summed E-state index contributed by atoms with van der Waals surface area (Å²) in [6.45, 7) is 1.55. The maximum atomic E-state index is 5.84. The molecule has 4 heteroatoms. The van der Waals surface area contributed by atoms with E-state index in [-0.39, 0.29) is 6.04 Å². The summed E-state index contributed by atoms with van der Waals surface area (Å²) in [6, 6.07) is 10.1. The molecule has 2 atom stereocenters. The van der Waals surface area contributed by atoms with E-state index in [2.05, 4.69) is 11.5 Å². The Bertz CT molecular complexity index is 470. The Kier molecular flexibility index (Phi) is 2.84. The minimum absolute atomic E-state index is 0.0323. The molecule has 0 saturated carbocycles. The minimum atomic E-state index is 0.0323. The number of nitrogens with two attached hydrogens (primary N) is 1. The van der Waals surface area contributed by atoms with Crippen molar-refractivity contribution in [3.63, 3.8) is 0 Å². The number of hydrazine groups is 1. The zero-order valence-corrected chi connectivity index (χ0v) is 9.56. The summed E-state index contributed by atoms with van der Waals surface area (Å²) < 4.78 is 11.2. The summed E-state index contributed by atoms with van der Waals surface area (Å²) in [5.74, 6) is 6.92. The second kappa shape index (κ2) is 4.49. The molecule has 1 fully saturated rings. The van der Waals surface area contributed by atoms with Gasteiger partial charge in [-0.3, -0.25) is 5.84 Å². The fourth-order valence-corrected chi connectivity index (χ4v) is 2.42. The van der Waals surface area contributed by atoms with Crippen molar-refractivity contribution in [3.05, 3.63) is 36.1 Å². The average Bonchev–Trinajstić information content (AvgIpc) is 2.98. The lowest BCUT2D eigenvalue weighted by molar-refractivity contribution is 0.173. The summed E-state index contributed by atoms with van der Waals surface area (Å²) >= 11 is 0. The van der Waals surface area contributed by atoms with E-state index in [0.717, 1.165) is 36.4 Å².